The van der Waals surface area contributed by atoms with Crippen LogP contribution in [-0.4, -0.2) is 27.3 Å². The van der Waals surface area contributed by atoms with Crippen molar-refractivity contribution in [3.05, 3.63) is 18.2 Å². The molecule has 0 aliphatic carbocycles. The molecular weight excluding hydrogens is 214 g/mol. The Hall–Kier alpha value is -0.870. The first-order chi connectivity index (χ1) is 8.10. The number of aliphatic hydroxyl groups is 1. The van der Waals surface area contributed by atoms with Crippen LogP contribution in [-0.2, 0) is 7.05 Å². The Morgan fingerprint density at radius 2 is 2.06 bits per heavy atom. The maximum absolute atomic E-state index is 10.0. The highest BCUT2D eigenvalue weighted by molar-refractivity contribution is 4.97. The van der Waals surface area contributed by atoms with E-state index in [-0.39, 0.29) is 12.1 Å². The summed E-state index contributed by atoms with van der Waals surface area (Å²) in [6.07, 6.45) is 5.51. The molecule has 1 aromatic rings. The first-order valence-electron chi connectivity index (χ1n) is 6.48. The largest absolute Gasteiger partial charge is 0.392 e. The van der Waals surface area contributed by atoms with Crippen LogP contribution >= 0.6 is 0 Å². The average molecular weight is 239 g/mol. The number of nitrogens with zero attached hydrogens (tertiary/aromatic N) is 2. The molecular formula is C13H25N3O. The minimum atomic E-state index is -0.271. The number of imidazole rings is 1. The lowest BCUT2D eigenvalue weighted by Crippen LogP contribution is -2.34. The summed E-state index contributed by atoms with van der Waals surface area (Å²) in [6.45, 7) is 6.95. The van der Waals surface area contributed by atoms with E-state index in [1.807, 2.05) is 17.8 Å². The summed E-state index contributed by atoms with van der Waals surface area (Å²) >= 11 is 0. The Morgan fingerprint density at radius 3 is 2.53 bits per heavy atom. The van der Waals surface area contributed by atoms with Crippen molar-refractivity contribution in [3.63, 3.8) is 0 Å². The third-order valence-corrected chi connectivity index (χ3v) is 3.47. The summed E-state index contributed by atoms with van der Waals surface area (Å²) < 4.78 is 2.00. The van der Waals surface area contributed by atoms with Crippen molar-refractivity contribution < 1.29 is 5.11 Å². The topological polar surface area (TPSA) is 50.1 Å². The fourth-order valence-electron chi connectivity index (χ4n) is 2.18. The third-order valence-electron chi connectivity index (χ3n) is 3.47. The summed E-state index contributed by atoms with van der Waals surface area (Å²) in [5, 5.41) is 13.4. The number of hydrogen-bond donors (Lipinski definition) is 2. The molecule has 0 aliphatic heterocycles. The van der Waals surface area contributed by atoms with E-state index in [0.717, 1.165) is 18.7 Å². The molecule has 0 radical (unpaired) electrons. The van der Waals surface area contributed by atoms with E-state index in [1.54, 1.807) is 6.20 Å². The van der Waals surface area contributed by atoms with Gasteiger partial charge in [-0.15, -0.1) is 0 Å². The van der Waals surface area contributed by atoms with Gasteiger partial charge in [-0.05, 0) is 12.8 Å². The number of rotatable bonds is 7. The third kappa shape index (κ3) is 3.82. The zero-order valence-electron chi connectivity index (χ0n) is 11.3. The zero-order chi connectivity index (χ0) is 12.8. The van der Waals surface area contributed by atoms with Gasteiger partial charge in [0.25, 0.3) is 0 Å². The van der Waals surface area contributed by atoms with Crippen LogP contribution in [0.25, 0.3) is 0 Å². The van der Waals surface area contributed by atoms with Gasteiger partial charge in [0.05, 0.1) is 12.1 Å². The van der Waals surface area contributed by atoms with Crippen LogP contribution in [0.1, 0.15) is 45.5 Å². The molecule has 2 unspecified atom stereocenters. The molecule has 1 aromatic heterocycles. The molecule has 1 heterocycles. The number of nitrogens with one attached hydrogen (secondary N) is 1. The smallest absolute Gasteiger partial charge is 0.125 e. The molecule has 4 nitrogen and oxygen atoms in total. The van der Waals surface area contributed by atoms with Gasteiger partial charge in [0, 0.05) is 26.0 Å². The summed E-state index contributed by atoms with van der Waals surface area (Å²) in [6, 6.07) is 0.166. The van der Waals surface area contributed by atoms with Crippen molar-refractivity contribution in [1.29, 1.82) is 0 Å². The molecule has 2 atom stereocenters. The van der Waals surface area contributed by atoms with Gasteiger partial charge in [-0.3, -0.25) is 0 Å². The first-order valence-corrected chi connectivity index (χ1v) is 6.48. The molecule has 0 bridgehead atoms. The molecule has 0 amide bonds. The van der Waals surface area contributed by atoms with Crippen molar-refractivity contribution in [1.82, 2.24) is 14.9 Å². The molecule has 0 saturated heterocycles. The summed E-state index contributed by atoms with van der Waals surface area (Å²) in [5.74, 6) is 1.39. The Morgan fingerprint density at radius 1 is 1.41 bits per heavy atom. The Balaban J connectivity index is 2.43. The molecule has 0 aromatic carbocycles. The fourth-order valence-corrected chi connectivity index (χ4v) is 2.18. The predicted molar refractivity (Wildman–Crippen MR) is 69.7 cm³/mol. The molecule has 0 aliphatic rings. The van der Waals surface area contributed by atoms with Crippen LogP contribution in [0.3, 0.4) is 0 Å². The average Bonchev–Trinajstić information content (AvgIpc) is 2.74. The van der Waals surface area contributed by atoms with E-state index in [9.17, 15) is 5.11 Å². The molecule has 0 saturated carbocycles. The maximum Gasteiger partial charge on any atom is 0.125 e. The second-order valence-electron chi connectivity index (χ2n) is 4.67. The van der Waals surface area contributed by atoms with Crippen LogP contribution in [0.5, 0.6) is 0 Å². The van der Waals surface area contributed by atoms with E-state index in [4.69, 9.17) is 0 Å². The quantitative estimate of drug-likeness (QED) is 0.763. The molecule has 1 rings (SSSR count). The van der Waals surface area contributed by atoms with E-state index in [1.165, 1.54) is 0 Å². The van der Waals surface area contributed by atoms with Crippen molar-refractivity contribution in [2.24, 2.45) is 13.0 Å². The van der Waals surface area contributed by atoms with E-state index in [2.05, 4.69) is 31.1 Å². The second kappa shape index (κ2) is 6.77. The molecule has 17 heavy (non-hydrogen) atoms. The summed E-state index contributed by atoms with van der Waals surface area (Å²) in [4.78, 5) is 4.30. The molecule has 0 fully saturated rings. The van der Waals surface area contributed by atoms with Crippen molar-refractivity contribution in [2.45, 2.75) is 45.8 Å². The Bertz CT molecular complexity index is 320. The lowest BCUT2D eigenvalue weighted by Gasteiger charge is -2.22. The standard InChI is InChI=1S/C13H25N3O/c1-5-11(6-2)12(17)9-15-10(3)13-14-7-8-16(13)4/h7-8,10-12,15,17H,5-6,9H2,1-4H3. The van der Waals surface area contributed by atoms with E-state index >= 15 is 0 Å². The maximum atomic E-state index is 10.0. The van der Waals surface area contributed by atoms with Gasteiger partial charge in [-0.1, -0.05) is 26.7 Å². The number of hydrogen-bond acceptors (Lipinski definition) is 3. The molecule has 0 spiro atoms. The minimum Gasteiger partial charge on any atom is -0.392 e. The van der Waals surface area contributed by atoms with Gasteiger partial charge >= 0.3 is 0 Å². The fraction of sp³-hybridized carbons (Fsp3) is 0.769. The van der Waals surface area contributed by atoms with Gasteiger partial charge in [-0.2, -0.15) is 0 Å². The van der Waals surface area contributed by atoms with Gasteiger partial charge in [-0.25, -0.2) is 4.98 Å². The number of aromatic nitrogens is 2. The second-order valence-corrected chi connectivity index (χ2v) is 4.67. The predicted octanol–water partition coefficient (Wildman–Crippen LogP) is 1.87. The number of aryl methyl sites for hydroxylation is 1. The van der Waals surface area contributed by atoms with E-state index in [0.29, 0.717) is 12.5 Å². The van der Waals surface area contributed by atoms with Crippen LogP contribution in [0.2, 0.25) is 0 Å². The SMILES string of the molecule is CCC(CC)C(O)CNC(C)c1nccn1C. The van der Waals surface area contributed by atoms with Crippen molar-refractivity contribution in [2.75, 3.05) is 6.54 Å². The van der Waals surface area contributed by atoms with Gasteiger partial charge in [0.1, 0.15) is 5.82 Å². The normalized spacial score (nSPS) is 15.2. The summed E-state index contributed by atoms with van der Waals surface area (Å²) in [7, 11) is 1.98. The Kier molecular flexibility index (Phi) is 5.65. The van der Waals surface area contributed by atoms with Crippen LogP contribution in [0.4, 0.5) is 0 Å². The highest BCUT2D eigenvalue weighted by Crippen LogP contribution is 2.14. The minimum absolute atomic E-state index is 0.166. The first kappa shape index (κ1) is 14.2. The zero-order valence-corrected chi connectivity index (χ0v) is 11.3. The van der Waals surface area contributed by atoms with Gasteiger partial charge in [0.15, 0.2) is 0 Å². The number of aliphatic hydroxyl groups excluding tert-OH is 1. The van der Waals surface area contributed by atoms with E-state index < -0.39 is 0 Å². The van der Waals surface area contributed by atoms with Crippen molar-refractivity contribution >= 4 is 0 Å². The van der Waals surface area contributed by atoms with Crippen LogP contribution < -0.4 is 5.32 Å². The Labute approximate surface area is 104 Å². The monoisotopic (exact) mass is 239 g/mol. The highest BCUT2D eigenvalue weighted by Gasteiger charge is 2.17. The van der Waals surface area contributed by atoms with Gasteiger partial charge < -0.3 is 15.0 Å². The molecule has 2 N–H and O–H groups in total. The van der Waals surface area contributed by atoms with Crippen LogP contribution in [0, 0.1) is 5.92 Å². The molecule has 4 heteroatoms. The van der Waals surface area contributed by atoms with Crippen LogP contribution in [0.15, 0.2) is 12.4 Å². The van der Waals surface area contributed by atoms with Gasteiger partial charge in [0.2, 0.25) is 0 Å². The van der Waals surface area contributed by atoms with Crippen molar-refractivity contribution in [3.8, 4) is 0 Å². The molecule has 98 valence electrons. The highest BCUT2D eigenvalue weighted by atomic mass is 16.3. The lowest BCUT2D eigenvalue weighted by molar-refractivity contribution is 0.0985. The summed E-state index contributed by atoms with van der Waals surface area (Å²) in [5.41, 5.74) is 0. The lowest BCUT2D eigenvalue weighted by atomic mass is 9.96.